The lowest BCUT2D eigenvalue weighted by Gasteiger charge is -2.46. The molecule has 0 spiro atoms. The summed E-state index contributed by atoms with van der Waals surface area (Å²) in [7, 11) is 1.87. The maximum absolute atomic E-state index is 13.7. The predicted molar refractivity (Wildman–Crippen MR) is 116 cm³/mol. The van der Waals surface area contributed by atoms with Crippen LogP contribution in [0, 0.1) is 12.8 Å². The fourth-order valence-corrected chi connectivity index (χ4v) is 5.49. The summed E-state index contributed by atoms with van der Waals surface area (Å²) >= 11 is 6.37. The second kappa shape index (κ2) is 7.28. The Bertz CT molecular complexity index is 1280. The molecule has 0 bridgehead atoms. The van der Waals surface area contributed by atoms with Gasteiger partial charge < -0.3 is 4.57 Å². The third-order valence-corrected chi connectivity index (χ3v) is 6.83. The summed E-state index contributed by atoms with van der Waals surface area (Å²) in [5.41, 5.74) is -0.0370. The highest BCUT2D eigenvalue weighted by atomic mass is 35.5. The normalized spacial score (nSPS) is 22.5. The van der Waals surface area contributed by atoms with Crippen molar-refractivity contribution in [3.63, 3.8) is 0 Å². The summed E-state index contributed by atoms with van der Waals surface area (Å²) in [6.07, 6.45) is -1.31. The van der Waals surface area contributed by atoms with Crippen molar-refractivity contribution >= 4 is 23.3 Å². The van der Waals surface area contributed by atoms with Gasteiger partial charge in [-0.05, 0) is 66.6 Å². The molecule has 1 amide bonds. The van der Waals surface area contributed by atoms with E-state index in [0.29, 0.717) is 11.5 Å². The first kappa shape index (κ1) is 21.9. The van der Waals surface area contributed by atoms with Crippen LogP contribution in [-0.2, 0) is 25.2 Å². The van der Waals surface area contributed by atoms with Gasteiger partial charge in [-0.3, -0.25) is 9.69 Å². The van der Waals surface area contributed by atoms with Gasteiger partial charge in [0.25, 0.3) is 5.91 Å². The number of anilines is 1. The van der Waals surface area contributed by atoms with Crippen LogP contribution in [0.1, 0.15) is 58.2 Å². The maximum atomic E-state index is 13.7. The minimum absolute atomic E-state index is 0.0401. The number of aryl methyl sites for hydroxylation is 2. The monoisotopic (exact) mass is 475 g/mol. The van der Waals surface area contributed by atoms with Crippen molar-refractivity contribution in [3.8, 4) is 0 Å². The van der Waals surface area contributed by atoms with Crippen LogP contribution in [0.2, 0.25) is 5.15 Å². The lowest BCUT2D eigenvalue weighted by Crippen LogP contribution is -2.43. The fraction of sp³-hybridized carbons (Fsp3) is 0.391. The van der Waals surface area contributed by atoms with Crippen molar-refractivity contribution in [2.24, 2.45) is 13.0 Å². The van der Waals surface area contributed by atoms with Gasteiger partial charge in [0.05, 0.1) is 17.5 Å². The Morgan fingerprint density at radius 3 is 2.52 bits per heavy atom. The number of carbonyl (C=O) groups is 1. The topological polar surface area (TPSA) is 63.9 Å². The first-order chi connectivity index (χ1) is 15.5. The van der Waals surface area contributed by atoms with E-state index in [1.165, 1.54) is 11.0 Å². The largest absolute Gasteiger partial charge is 0.416 e. The molecule has 1 saturated carbocycles. The number of aromatic nitrogens is 4. The van der Waals surface area contributed by atoms with E-state index in [4.69, 9.17) is 11.6 Å². The summed E-state index contributed by atoms with van der Waals surface area (Å²) in [5.74, 6) is 0.937. The Balaban J connectivity index is 1.60. The molecule has 0 N–H and O–H groups in total. The molecule has 1 aliphatic carbocycles. The van der Waals surface area contributed by atoms with Gasteiger partial charge in [-0.25, -0.2) is 4.98 Å². The molecule has 0 saturated heterocycles. The minimum Gasteiger partial charge on any atom is -0.320 e. The van der Waals surface area contributed by atoms with Crippen LogP contribution in [0.4, 0.5) is 19.0 Å². The zero-order valence-electron chi connectivity index (χ0n) is 18.2. The highest BCUT2D eigenvalue weighted by Gasteiger charge is 2.49. The molecule has 1 aromatic carbocycles. The van der Waals surface area contributed by atoms with E-state index in [0.717, 1.165) is 30.3 Å². The Kier molecular flexibility index (Phi) is 4.83. The molecule has 1 aliphatic heterocycles. The van der Waals surface area contributed by atoms with Crippen molar-refractivity contribution in [2.45, 2.75) is 44.8 Å². The second-order valence-electron chi connectivity index (χ2n) is 9.13. The lowest BCUT2D eigenvalue weighted by molar-refractivity contribution is -0.138. The van der Waals surface area contributed by atoms with E-state index in [9.17, 15) is 18.0 Å². The summed E-state index contributed by atoms with van der Waals surface area (Å²) < 4.78 is 42.9. The van der Waals surface area contributed by atoms with E-state index in [1.54, 1.807) is 25.4 Å². The first-order valence-corrected chi connectivity index (χ1v) is 10.9. The Morgan fingerprint density at radius 1 is 1.18 bits per heavy atom. The Labute approximate surface area is 193 Å². The third kappa shape index (κ3) is 3.40. The van der Waals surface area contributed by atoms with Crippen LogP contribution < -0.4 is 4.90 Å². The summed E-state index contributed by atoms with van der Waals surface area (Å²) in [4.78, 5) is 18.7. The quantitative estimate of drug-likeness (QED) is 0.496. The summed E-state index contributed by atoms with van der Waals surface area (Å²) in [5, 5.41) is 8.50. The van der Waals surface area contributed by atoms with Gasteiger partial charge in [-0.15, -0.1) is 10.2 Å². The maximum Gasteiger partial charge on any atom is 0.416 e. The zero-order valence-corrected chi connectivity index (χ0v) is 19.0. The minimum atomic E-state index is -4.56. The first-order valence-electron chi connectivity index (χ1n) is 10.5. The van der Waals surface area contributed by atoms with Crippen LogP contribution in [0.5, 0.6) is 0 Å². The number of halogens is 4. The van der Waals surface area contributed by atoms with Crippen LogP contribution in [-0.4, -0.2) is 25.7 Å². The Morgan fingerprint density at radius 2 is 1.91 bits per heavy atom. The van der Waals surface area contributed by atoms with Gasteiger partial charge in [0, 0.05) is 12.6 Å². The molecule has 0 unspecified atom stereocenters. The van der Waals surface area contributed by atoms with E-state index in [2.05, 4.69) is 22.1 Å². The van der Waals surface area contributed by atoms with Crippen molar-refractivity contribution < 1.29 is 18.0 Å². The number of carbonyl (C=O) groups excluding carboxylic acids is 1. The molecule has 0 atom stereocenters. The number of nitrogens with zero attached hydrogens (tertiary/aromatic N) is 5. The molecular weight excluding hydrogens is 455 g/mol. The third-order valence-electron chi connectivity index (χ3n) is 6.63. The zero-order chi connectivity index (χ0) is 23.7. The fourth-order valence-electron chi connectivity index (χ4n) is 5.28. The number of hydrogen-bond donors (Lipinski definition) is 0. The number of amides is 1. The van der Waals surface area contributed by atoms with E-state index in [1.807, 2.05) is 11.6 Å². The number of hydrogen-bond acceptors (Lipinski definition) is 4. The van der Waals surface area contributed by atoms with E-state index in [-0.39, 0.29) is 28.6 Å². The SMILES string of the molecule is Cc1cc2c(c(C(F)(F)F)c1)CN(c1cc(C3(c4nncn4C)CC(C)C3)cc(Cl)n1)C2=O. The smallest absolute Gasteiger partial charge is 0.320 e. The van der Waals surface area contributed by atoms with Gasteiger partial charge in [0.2, 0.25) is 0 Å². The van der Waals surface area contributed by atoms with Crippen molar-refractivity contribution in [3.05, 3.63) is 69.4 Å². The van der Waals surface area contributed by atoms with Crippen molar-refractivity contribution in [2.75, 3.05) is 4.90 Å². The molecule has 1 fully saturated rings. The molecule has 172 valence electrons. The second-order valence-corrected chi connectivity index (χ2v) is 9.51. The van der Waals surface area contributed by atoms with E-state index < -0.39 is 23.1 Å². The number of fused-ring (bicyclic) bond motifs is 1. The van der Waals surface area contributed by atoms with Crippen LogP contribution in [0.25, 0.3) is 0 Å². The van der Waals surface area contributed by atoms with Gasteiger partial charge in [0.15, 0.2) is 0 Å². The van der Waals surface area contributed by atoms with Crippen molar-refractivity contribution in [1.82, 2.24) is 19.7 Å². The van der Waals surface area contributed by atoms with Crippen molar-refractivity contribution in [1.29, 1.82) is 0 Å². The molecule has 33 heavy (non-hydrogen) atoms. The van der Waals surface area contributed by atoms with Crippen LogP contribution >= 0.6 is 11.6 Å². The van der Waals surface area contributed by atoms with Crippen LogP contribution in [0.15, 0.2) is 30.6 Å². The average Bonchev–Trinajstić information content (AvgIpc) is 3.27. The van der Waals surface area contributed by atoms with Gasteiger partial charge in [-0.1, -0.05) is 18.5 Å². The molecular formula is C23H21ClF3N5O. The van der Waals surface area contributed by atoms with Gasteiger partial charge in [-0.2, -0.15) is 13.2 Å². The average molecular weight is 476 g/mol. The molecule has 3 heterocycles. The number of pyridine rings is 1. The lowest BCUT2D eigenvalue weighted by atomic mass is 9.58. The Hall–Kier alpha value is -2.94. The molecule has 10 heteroatoms. The number of alkyl halides is 3. The summed E-state index contributed by atoms with van der Waals surface area (Å²) in [6, 6.07) is 6.05. The molecule has 6 nitrogen and oxygen atoms in total. The molecule has 2 aromatic heterocycles. The number of rotatable bonds is 3. The molecule has 5 rings (SSSR count). The molecule has 0 radical (unpaired) electrons. The molecule has 2 aliphatic rings. The summed E-state index contributed by atoms with van der Waals surface area (Å²) in [6.45, 7) is 3.47. The van der Waals surface area contributed by atoms with Gasteiger partial charge >= 0.3 is 6.18 Å². The standard InChI is InChI=1S/C23H21ClF3N5O/c1-12-4-15-16(17(5-12)23(25,26)27)10-32(20(15)33)19-7-14(6-18(24)29-19)22(8-13(2)9-22)21-30-28-11-31(21)3/h4-7,11,13H,8-10H2,1-3H3. The highest BCUT2D eigenvalue weighted by molar-refractivity contribution is 6.29. The van der Waals surface area contributed by atoms with Gasteiger partial charge in [0.1, 0.15) is 23.1 Å². The molecule has 3 aromatic rings. The highest BCUT2D eigenvalue weighted by Crippen LogP contribution is 2.52. The van der Waals surface area contributed by atoms with E-state index >= 15 is 0 Å². The number of benzene rings is 1. The van der Waals surface area contributed by atoms with Crippen LogP contribution in [0.3, 0.4) is 0 Å². The predicted octanol–water partition coefficient (Wildman–Crippen LogP) is 5.07.